The van der Waals surface area contributed by atoms with Crippen molar-refractivity contribution in [2.24, 2.45) is 5.73 Å². The molecule has 1 heterocycles. The van der Waals surface area contributed by atoms with Gasteiger partial charge in [0.25, 0.3) is 0 Å². The third kappa shape index (κ3) is 2.07. The molecule has 4 heteroatoms. The largest absolute Gasteiger partial charge is 0.497 e. The standard InChI is InChI=1S/C12H12ClNOS/c1-15-9-2-3-10(8(6-9)7-14)12-11(13)4-5-16-12/h2-6H,7,14H2,1H3. The van der Waals surface area contributed by atoms with E-state index in [0.29, 0.717) is 6.54 Å². The van der Waals surface area contributed by atoms with Gasteiger partial charge in [-0.2, -0.15) is 0 Å². The number of rotatable bonds is 3. The van der Waals surface area contributed by atoms with E-state index in [4.69, 9.17) is 22.1 Å². The molecule has 0 unspecified atom stereocenters. The number of hydrogen-bond donors (Lipinski definition) is 1. The molecule has 0 fully saturated rings. The smallest absolute Gasteiger partial charge is 0.119 e. The number of halogens is 1. The van der Waals surface area contributed by atoms with Gasteiger partial charge in [0.1, 0.15) is 5.75 Å². The second-order valence-corrected chi connectivity index (χ2v) is 4.65. The van der Waals surface area contributed by atoms with Gasteiger partial charge in [-0.25, -0.2) is 0 Å². The molecular weight excluding hydrogens is 242 g/mol. The minimum absolute atomic E-state index is 0.473. The summed E-state index contributed by atoms with van der Waals surface area (Å²) in [5.41, 5.74) is 7.87. The quantitative estimate of drug-likeness (QED) is 0.908. The zero-order valence-electron chi connectivity index (χ0n) is 8.87. The van der Waals surface area contributed by atoms with Crippen molar-refractivity contribution in [3.63, 3.8) is 0 Å². The topological polar surface area (TPSA) is 35.2 Å². The summed E-state index contributed by atoms with van der Waals surface area (Å²) in [7, 11) is 1.65. The Morgan fingerprint density at radius 3 is 2.75 bits per heavy atom. The van der Waals surface area contributed by atoms with Crippen molar-refractivity contribution in [2.45, 2.75) is 6.54 Å². The maximum atomic E-state index is 6.12. The number of hydrogen-bond acceptors (Lipinski definition) is 3. The van der Waals surface area contributed by atoms with Crippen LogP contribution in [0.3, 0.4) is 0 Å². The highest BCUT2D eigenvalue weighted by atomic mass is 35.5. The van der Waals surface area contributed by atoms with E-state index in [1.807, 2.05) is 29.6 Å². The molecule has 0 aliphatic carbocycles. The molecule has 0 amide bonds. The molecule has 0 aliphatic heterocycles. The number of methoxy groups -OCH3 is 1. The lowest BCUT2D eigenvalue weighted by molar-refractivity contribution is 0.414. The van der Waals surface area contributed by atoms with Crippen LogP contribution in [-0.4, -0.2) is 7.11 Å². The molecule has 2 N–H and O–H groups in total. The van der Waals surface area contributed by atoms with Crippen molar-refractivity contribution in [3.05, 3.63) is 40.2 Å². The van der Waals surface area contributed by atoms with Gasteiger partial charge in [0, 0.05) is 6.54 Å². The molecule has 1 aromatic heterocycles. The second-order valence-electron chi connectivity index (χ2n) is 3.32. The summed E-state index contributed by atoms with van der Waals surface area (Å²) in [6.45, 7) is 0.473. The van der Waals surface area contributed by atoms with Gasteiger partial charge in [-0.3, -0.25) is 0 Å². The Labute approximate surface area is 104 Å². The van der Waals surface area contributed by atoms with E-state index in [2.05, 4.69) is 0 Å². The van der Waals surface area contributed by atoms with Crippen molar-refractivity contribution in [3.8, 4) is 16.2 Å². The molecule has 0 bridgehead atoms. The van der Waals surface area contributed by atoms with Crippen LogP contribution in [0.15, 0.2) is 29.6 Å². The van der Waals surface area contributed by atoms with Crippen LogP contribution in [-0.2, 0) is 6.54 Å². The molecule has 0 aliphatic rings. The highest BCUT2D eigenvalue weighted by molar-refractivity contribution is 7.14. The van der Waals surface area contributed by atoms with E-state index in [9.17, 15) is 0 Å². The SMILES string of the molecule is COc1ccc(-c2sccc2Cl)c(CN)c1. The van der Waals surface area contributed by atoms with Gasteiger partial charge >= 0.3 is 0 Å². The Morgan fingerprint density at radius 2 is 2.19 bits per heavy atom. The fourth-order valence-corrected chi connectivity index (χ4v) is 2.79. The van der Waals surface area contributed by atoms with E-state index in [0.717, 1.165) is 26.8 Å². The van der Waals surface area contributed by atoms with Gasteiger partial charge in [0.2, 0.25) is 0 Å². The molecule has 0 atom stereocenters. The highest BCUT2D eigenvalue weighted by Crippen LogP contribution is 2.36. The summed E-state index contributed by atoms with van der Waals surface area (Å²) in [4.78, 5) is 1.06. The lowest BCUT2D eigenvalue weighted by Gasteiger charge is -2.08. The van der Waals surface area contributed by atoms with Crippen LogP contribution < -0.4 is 10.5 Å². The maximum absolute atomic E-state index is 6.12. The Hall–Kier alpha value is -1.03. The first kappa shape index (κ1) is 11.5. The van der Waals surface area contributed by atoms with Crippen molar-refractivity contribution >= 4 is 22.9 Å². The van der Waals surface area contributed by atoms with Crippen molar-refractivity contribution < 1.29 is 4.74 Å². The zero-order valence-corrected chi connectivity index (χ0v) is 10.4. The molecule has 2 nitrogen and oxygen atoms in total. The molecule has 0 saturated carbocycles. The van der Waals surface area contributed by atoms with Gasteiger partial charge < -0.3 is 10.5 Å². The normalized spacial score (nSPS) is 10.4. The maximum Gasteiger partial charge on any atom is 0.119 e. The van der Waals surface area contributed by atoms with Crippen LogP contribution in [0.25, 0.3) is 10.4 Å². The minimum atomic E-state index is 0.473. The van der Waals surface area contributed by atoms with Crippen LogP contribution >= 0.6 is 22.9 Å². The van der Waals surface area contributed by atoms with Crippen LogP contribution in [0, 0.1) is 0 Å². The first-order valence-electron chi connectivity index (χ1n) is 4.86. The molecule has 16 heavy (non-hydrogen) atoms. The van der Waals surface area contributed by atoms with Crippen LogP contribution in [0.4, 0.5) is 0 Å². The van der Waals surface area contributed by atoms with Crippen molar-refractivity contribution in [1.82, 2.24) is 0 Å². The highest BCUT2D eigenvalue weighted by Gasteiger charge is 2.10. The van der Waals surface area contributed by atoms with Crippen molar-refractivity contribution in [2.75, 3.05) is 7.11 Å². The monoisotopic (exact) mass is 253 g/mol. The lowest BCUT2D eigenvalue weighted by atomic mass is 10.1. The fourth-order valence-electron chi connectivity index (χ4n) is 1.57. The molecule has 2 aromatic rings. The van der Waals surface area contributed by atoms with E-state index >= 15 is 0 Å². The zero-order chi connectivity index (χ0) is 11.5. The molecular formula is C12H12ClNOS. The predicted molar refractivity (Wildman–Crippen MR) is 69.2 cm³/mol. The van der Waals surface area contributed by atoms with Crippen LogP contribution in [0.5, 0.6) is 5.75 Å². The number of benzene rings is 1. The Morgan fingerprint density at radius 1 is 1.38 bits per heavy atom. The average Bonchev–Trinajstić information content (AvgIpc) is 2.74. The number of nitrogens with two attached hydrogens (primary N) is 1. The summed E-state index contributed by atoms with van der Waals surface area (Å²) in [5, 5.41) is 2.74. The third-order valence-corrected chi connectivity index (χ3v) is 3.77. The Kier molecular flexibility index (Phi) is 3.49. The van der Waals surface area contributed by atoms with E-state index in [1.165, 1.54) is 0 Å². The summed E-state index contributed by atoms with van der Waals surface area (Å²) >= 11 is 7.73. The molecule has 0 radical (unpaired) electrons. The van der Waals surface area contributed by atoms with Crippen LogP contribution in [0.2, 0.25) is 5.02 Å². The average molecular weight is 254 g/mol. The predicted octanol–water partition coefficient (Wildman–Crippen LogP) is 3.54. The van der Waals surface area contributed by atoms with Crippen molar-refractivity contribution in [1.29, 1.82) is 0 Å². The van der Waals surface area contributed by atoms with Gasteiger partial charge in [-0.05, 0) is 40.8 Å². The Bertz CT molecular complexity index is 496. The summed E-state index contributed by atoms with van der Waals surface area (Å²) in [6.07, 6.45) is 0. The van der Waals surface area contributed by atoms with Gasteiger partial charge in [-0.15, -0.1) is 11.3 Å². The molecule has 84 valence electrons. The fraction of sp³-hybridized carbons (Fsp3) is 0.167. The Balaban J connectivity index is 2.53. The van der Waals surface area contributed by atoms with Crippen LogP contribution in [0.1, 0.15) is 5.56 Å². The molecule has 0 spiro atoms. The minimum Gasteiger partial charge on any atom is -0.497 e. The number of ether oxygens (including phenoxy) is 1. The summed E-state index contributed by atoms with van der Waals surface area (Å²) < 4.78 is 5.17. The van der Waals surface area contributed by atoms with Gasteiger partial charge in [0.05, 0.1) is 17.0 Å². The van der Waals surface area contributed by atoms with E-state index < -0.39 is 0 Å². The van der Waals surface area contributed by atoms with E-state index in [-0.39, 0.29) is 0 Å². The first-order valence-corrected chi connectivity index (χ1v) is 6.12. The summed E-state index contributed by atoms with van der Waals surface area (Å²) in [6, 6.07) is 7.76. The third-order valence-electron chi connectivity index (χ3n) is 2.39. The second kappa shape index (κ2) is 4.87. The van der Waals surface area contributed by atoms with E-state index in [1.54, 1.807) is 18.4 Å². The summed E-state index contributed by atoms with van der Waals surface area (Å²) in [5.74, 6) is 0.817. The number of thiophene rings is 1. The lowest BCUT2D eigenvalue weighted by Crippen LogP contribution is -1.99. The van der Waals surface area contributed by atoms with Gasteiger partial charge in [-0.1, -0.05) is 11.6 Å². The first-order chi connectivity index (χ1) is 7.76. The molecule has 2 rings (SSSR count). The molecule has 0 saturated heterocycles. The molecule has 1 aromatic carbocycles. The van der Waals surface area contributed by atoms with Gasteiger partial charge in [0.15, 0.2) is 0 Å².